The number of amides is 1. The molecule has 27 heavy (non-hydrogen) atoms. The van der Waals surface area contributed by atoms with Crippen LogP contribution in [0, 0.1) is 0 Å². The molecule has 0 aliphatic rings. The van der Waals surface area contributed by atoms with Crippen molar-refractivity contribution in [3.8, 4) is 0 Å². The van der Waals surface area contributed by atoms with Crippen LogP contribution in [0.25, 0.3) is 0 Å². The summed E-state index contributed by atoms with van der Waals surface area (Å²) in [5, 5.41) is 6.03. The molecule has 2 atom stereocenters. The smallest absolute Gasteiger partial charge is 0.220 e. The molecular formula is C21H42N2O4. The monoisotopic (exact) mass is 386 g/mol. The van der Waals surface area contributed by atoms with Gasteiger partial charge in [-0.25, -0.2) is 0 Å². The maximum absolute atomic E-state index is 11.7. The Labute approximate surface area is 166 Å². The molecule has 0 aliphatic carbocycles. The van der Waals surface area contributed by atoms with Gasteiger partial charge in [0.05, 0.1) is 24.4 Å². The second-order valence-corrected chi connectivity index (χ2v) is 7.81. The Bertz CT molecular complexity index is 430. The summed E-state index contributed by atoms with van der Waals surface area (Å²) in [6, 6.07) is 0. The Hall–Kier alpha value is -0.980. The van der Waals surface area contributed by atoms with Crippen LogP contribution >= 0.6 is 0 Å². The zero-order valence-electron chi connectivity index (χ0n) is 18.4. The van der Waals surface area contributed by atoms with Crippen molar-refractivity contribution < 1.29 is 19.1 Å². The fourth-order valence-corrected chi connectivity index (χ4v) is 2.68. The molecule has 0 fully saturated rings. The molecule has 1 amide bonds. The first-order chi connectivity index (χ1) is 12.7. The van der Waals surface area contributed by atoms with E-state index >= 15 is 0 Å². The molecule has 0 aromatic rings. The number of carbonyl (C=O) groups excluding carboxylic acids is 2. The van der Waals surface area contributed by atoms with E-state index in [1.807, 2.05) is 7.05 Å². The standard InChI is InChI=1S/C21H42N2O4/c1-7-20(4,12-14-22-6)26-16-13-21(5,8-2)27-17-15-23-19(25)11-9-10-18(3)24/h22H,7-17H2,1-6H3,(H,23,25). The van der Waals surface area contributed by atoms with E-state index in [0.717, 1.165) is 32.2 Å². The van der Waals surface area contributed by atoms with Crippen LogP contribution in [0.4, 0.5) is 0 Å². The molecule has 2 N–H and O–H groups in total. The molecule has 0 spiro atoms. The SMILES string of the molecule is CCC(C)(CCNC)OCCC(C)(CC)OCCNC(=O)CCCC(C)=O. The van der Waals surface area contributed by atoms with E-state index in [-0.39, 0.29) is 22.9 Å². The number of ketones is 1. The van der Waals surface area contributed by atoms with Crippen molar-refractivity contribution in [2.75, 3.05) is 33.4 Å². The minimum Gasteiger partial charge on any atom is -0.375 e. The van der Waals surface area contributed by atoms with E-state index in [2.05, 4.69) is 38.3 Å². The highest BCUT2D eigenvalue weighted by atomic mass is 16.5. The summed E-state index contributed by atoms with van der Waals surface area (Å²) < 4.78 is 12.2. The Kier molecular flexibility index (Phi) is 13.6. The Morgan fingerprint density at radius 1 is 0.889 bits per heavy atom. The normalized spacial score (nSPS) is 15.8. The summed E-state index contributed by atoms with van der Waals surface area (Å²) in [5.74, 6) is 0.0989. The average Bonchev–Trinajstić information content (AvgIpc) is 2.63. The maximum Gasteiger partial charge on any atom is 0.220 e. The maximum atomic E-state index is 11.7. The van der Waals surface area contributed by atoms with Crippen LogP contribution in [0.15, 0.2) is 0 Å². The molecule has 6 nitrogen and oxygen atoms in total. The van der Waals surface area contributed by atoms with Crippen LogP contribution in [0.5, 0.6) is 0 Å². The average molecular weight is 387 g/mol. The van der Waals surface area contributed by atoms with Crippen LogP contribution in [0.1, 0.15) is 79.6 Å². The van der Waals surface area contributed by atoms with Gasteiger partial charge in [0.2, 0.25) is 5.91 Å². The lowest BCUT2D eigenvalue weighted by atomic mass is 9.97. The van der Waals surface area contributed by atoms with Crippen LogP contribution in [0.3, 0.4) is 0 Å². The van der Waals surface area contributed by atoms with Crippen LogP contribution < -0.4 is 10.6 Å². The molecule has 0 heterocycles. The van der Waals surface area contributed by atoms with Crippen LogP contribution in [0.2, 0.25) is 0 Å². The van der Waals surface area contributed by atoms with Gasteiger partial charge in [-0.1, -0.05) is 13.8 Å². The van der Waals surface area contributed by atoms with Gasteiger partial charge < -0.3 is 24.9 Å². The van der Waals surface area contributed by atoms with Crippen LogP contribution in [-0.2, 0) is 19.1 Å². The Balaban J connectivity index is 4.11. The molecule has 0 aliphatic heterocycles. The summed E-state index contributed by atoms with van der Waals surface area (Å²) >= 11 is 0. The third kappa shape index (κ3) is 12.9. The van der Waals surface area contributed by atoms with Crippen LogP contribution in [-0.4, -0.2) is 56.2 Å². The van der Waals surface area contributed by atoms with Crippen molar-refractivity contribution in [3.05, 3.63) is 0 Å². The topological polar surface area (TPSA) is 76.7 Å². The first kappa shape index (κ1) is 26.0. The molecule has 0 rings (SSSR count). The quantitative estimate of drug-likeness (QED) is 0.375. The highest BCUT2D eigenvalue weighted by Crippen LogP contribution is 2.24. The van der Waals surface area contributed by atoms with Crippen molar-refractivity contribution in [2.24, 2.45) is 0 Å². The molecule has 6 heteroatoms. The van der Waals surface area contributed by atoms with Crippen molar-refractivity contribution in [3.63, 3.8) is 0 Å². The lowest BCUT2D eigenvalue weighted by Crippen LogP contribution is -2.37. The van der Waals surface area contributed by atoms with Crippen molar-refractivity contribution in [2.45, 2.75) is 90.8 Å². The second kappa shape index (κ2) is 14.1. The zero-order chi connectivity index (χ0) is 20.8. The number of rotatable bonds is 17. The van der Waals surface area contributed by atoms with Gasteiger partial charge >= 0.3 is 0 Å². The highest BCUT2D eigenvalue weighted by Gasteiger charge is 2.26. The lowest BCUT2D eigenvalue weighted by Gasteiger charge is -2.33. The Morgan fingerprint density at radius 3 is 2.04 bits per heavy atom. The van der Waals surface area contributed by atoms with E-state index < -0.39 is 0 Å². The van der Waals surface area contributed by atoms with E-state index in [1.54, 1.807) is 6.92 Å². The number of nitrogens with one attached hydrogen (secondary N) is 2. The van der Waals surface area contributed by atoms with Gasteiger partial charge in [-0.15, -0.1) is 0 Å². The largest absolute Gasteiger partial charge is 0.375 e. The molecule has 0 aromatic carbocycles. The summed E-state index contributed by atoms with van der Waals surface area (Å²) in [4.78, 5) is 22.6. The van der Waals surface area contributed by atoms with Gasteiger partial charge in [0.1, 0.15) is 5.78 Å². The lowest BCUT2D eigenvalue weighted by molar-refractivity contribution is -0.122. The first-order valence-electron chi connectivity index (χ1n) is 10.4. The first-order valence-corrected chi connectivity index (χ1v) is 10.4. The van der Waals surface area contributed by atoms with Gasteiger partial charge in [0.15, 0.2) is 0 Å². The predicted octanol–water partition coefficient (Wildman–Crippen LogP) is 3.23. The van der Waals surface area contributed by atoms with E-state index in [0.29, 0.717) is 39.0 Å². The van der Waals surface area contributed by atoms with Crippen molar-refractivity contribution >= 4 is 11.7 Å². The molecule has 0 aromatic heterocycles. The summed E-state index contributed by atoms with van der Waals surface area (Å²) in [6.07, 6.45) is 5.14. The number of hydrogen-bond acceptors (Lipinski definition) is 5. The molecule has 160 valence electrons. The molecule has 0 saturated carbocycles. The summed E-state index contributed by atoms with van der Waals surface area (Å²) in [6.45, 7) is 12.7. The Morgan fingerprint density at radius 2 is 1.48 bits per heavy atom. The third-order valence-corrected chi connectivity index (χ3v) is 5.29. The zero-order valence-corrected chi connectivity index (χ0v) is 18.4. The fourth-order valence-electron chi connectivity index (χ4n) is 2.68. The van der Waals surface area contributed by atoms with Gasteiger partial charge in [0, 0.05) is 19.4 Å². The summed E-state index contributed by atoms with van der Waals surface area (Å²) in [7, 11) is 1.96. The molecule has 0 bridgehead atoms. The van der Waals surface area contributed by atoms with E-state index in [1.165, 1.54) is 0 Å². The number of ether oxygens (including phenoxy) is 2. The van der Waals surface area contributed by atoms with Gasteiger partial charge in [0.25, 0.3) is 0 Å². The van der Waals surface area contributed by atoms with Gasteiger partial charge in [-0.3, -0.25) is 4.79 Å². The van der Waals surface area contributed by atoms with E-state index in [4.69, 9.17) is 9.47 Å². The van der Waals surface area contributed by atoms with Crippen molar-refractivity contribution in [1.29, 1.82) is 0 Å². The fraction of sp³-hybridized carbons (Fsp3) is 0.905. The number of carbonyl (C=O) groups is 2. The summed E-state index contributed by atoms with van der Waals surface area (Å²) in [5.41, 5.74) is -0.359. The minimum absolute atomic E-state index is 0.0235. The van der Waals surface area contributed by atoms with E-state index in [9.17, 15) is 9.59 Å². The number of hydrogen-bond donors (Lipinski definition) is 2. The van der Waals surface area contributed by atoms with Gasteiger partial charge in [-0.05, 0) is 66.5 Å². The predicted molar refractivity (Wildman–Crippen MR) is 110 cm³/mol. The van der Waals surface area contributed by atoms with Crippen molar-refractivity contribution in [1.82, 2.24) is 10.6 Å². The minimum atomic E-state index is -0.253. The molecular weight excluding hydrogens is 344 g/mol. The highest BCUT2D eigenvalue weighted by molar-refractivity contribution is 5.78. The number of Topliss-reactive ketones (excluding diaryl/α,β-unsaturated/α-hetero) is 1. The molecule has 0 radical (unpaired) electrons. The third-order valence-electron chi connectivity index (χ3n) is 5.29. The second-order valence-electron chi connectivity index (χ2n) is 7.81. The molecule has 0 saturated heterocycles. The van der Waals surface area contributed by atoms with Gasteiger partial charge in [-0.2, -0.15) is 0 Å². The molecule has 2 unspecified atom stereocenters.